The van der Waals surface area contributed by atoms with Gasteiger partial charge in [-0.1, -0.05) is 18.6 Å². The smallest absolute Gasteiger partial charge is 0.326 e. The van der Waals surface area contributed by atoms with Crippen LogP contribution in [0.25, 0.3) is 10.2 Å². The number of nitrogen functional groups attached to an aromatic ring is 1. The van der Waals surface area contributed by atoms with Crippen LogP contribution in [0.1, 0.15) is 52.9 Å². The van der Waals surface area contributed by atoms with Crippen LogP contribution in [-0.4, -0.2) is 44.1 Å². The van der Waals surface area contributed by atoms with E-state index in [2.05, 4.69) is 15.3 Å². The largest absolute Gasteiger partial charge is 0.481 e. The zero-order valence-corrected chi connectivity index (χ0v) is 19.2. The Morgan fingerprint density at radius 1 is 1.09 bits per heavy atom. The lowest BCUT2D eigenvalue weighted by Crippen LogP contribution is -2.41. The average molecular weight is 487 g/mol. The van der Waals surface area contributed by atoms with Crippen molar-refractivity contribution in [3.8, 4) is 0 Å². The third-order valence-electron chi connectivity index (χ3n) is 5.33. The number of hydrogen-bond acceptors (Lipinski definition) is 7. The summed E-state index contributed by atoms with van der Waals surface area (Å²) in [5.41, 5.74) is 6.74. The van der Waals surface area contributed by atoms with Crippen molar-refractivity contribution in [1.29, 1.82) is 0 Å². The molecule has 180 valence electrons. The van der Waals surface area contributed by atoms with E-state index in [1.807, 2.05) is 18.2 Å². The molecule has 0 radical (unpaired) electrons. The summed E-state index contributed by atoms with van der Waals surface area (Å²) in [5.74, 6) is -2.82. The van der Waals surface area contributed by atoms with Crippen LogP contribution in [0.15, 0.2) is 35.1 Å². The fourth-order valence-corrected chi connectivity index (χ4v) is 4.59. The third-order valence-corrected chi connectivity index (χ3v) is 6.42. The summed E-state index contributed by atoms with van der Waals surface area (Å²) in [6, 6.07) is 7.54. The fourth-order valence-electron chi connectivity index (χ4n) is 3.52. The second kappa shape index (κ2) is 11.4. The van der Waals surface area contributed by atoms with Gasteiger partial charge in [0, 0.05) is 16.9 Å². The van der Waals surface area contributed by atoms with Crippen molar-refractivity contribution >= 4 is 45.3 Å². The molecule has 6 N–H and O–H groups in total. The van der Waals surface area contributed by atoms with Gasteiger partial charge in [-0.3, -0.25) is 19.4 Å². The van der Waals surface area contributed by atoms with Gasteiger partial charge < -0.3 is 21.3 Å². The second-order valence-corrected chi connectivity index (χ2v) is 9.05. The van der Waals surface area contributed by atoms with Gasteiger partial charge in [-0.15, -0.1) is 11.3 Å². The zero-order chi connectivity index (χ0) is 24.7. The number of nitrogens with zero attached hydrogens (tertiary/aromatic N) is 1. The van der Waals surface area contributed by atoms with E-state index in [1.54, 1.807) is 12.1 Å². The third kappa shape index (κ3) is 6.88. The normalized spacial score (nSPS) is 11.9. The van der Waals surface area contributed by atoms with Crippen LogP contribution >= 0.6 is 11.3 Å². The van der Waals surface area contributed by atoms with Gasteiger partial charge in [0.05, 0.1) is 5.39 Å². The molecule has 0 fully saturated rings. The summed E-state index contributed by atoms with van der Waals surface area (Å²) >= 11 is 1.48. The lowest BCUT2D eigenvalue weighted by molar-refractivity contribution is -0.140. The highest BCUT2D eigenvalue weighted by molar-refractivity contribution is 7.18. The summed E-state index contributed by atoms with van der Waals surface area (Å²) in [7, 11) is 0. The van der Waals surface area contributed by atoms with Crippen LogP contribution in [0.4, 0.5) is 5.95 Å². The van der Waals surface area contributed by atoms with Crippen LogP contribution < -0.4 is 16.6 Å². The first kappa shape index (κ1) is 24.9. The van der Waals surface area contributed by atoms with Crippen molar-refractivity contribution in [2.75, 3.05) is 5.73 Å². The maximum absolute atomic E-state index is 12.3. The first-order chi connectivity index (χ1) is 16.2. The zero-order valence-electron chi connectivity index (χ0n) is 18.4. The molecule has 1 atom stereocenters. The van der Waals surface area contributed by atoms with Gasteiger partial charge >= 0.3 is 11.9 Å². The number of aliphatic carboxylic acids is 2. The highest BCUT2D eigenvalue weighted by atomic mass is 32.1. The molecule has 10 nitrogen and oxygen atoms in total. The van der Waals surface area contributed by atoms with Gasteiger partial charge in [0.15, 0.2) is 0 Å². The summed E-state index contributed by atoms with van der Waals surface area (Å²) in [6.07, 6.45) is 4.08. The minimum Gasteiger partial charge on any atom is -0.481 e. The number of rotatable bonds is 12. The molecule has 1 amide bonds. The number of hydrogen-bond donors (Lipinski definition) is 5. The molecule has 0 spiro atoms. The molecule has 11 heteroatoms. The fraction of sp³-hybridized carbons (Fsp3) is 0.348. The van der Waals surface area contributed by atoms with E-state index in [0.29, 0.717) is 15.8 Å². The van der Waals surface area contributed by atoms with E-state index in [-0.39, 0.29) is 24.3 Å². The summed E-state index contributed by atoms with van der Waals surface area (Å²) in [4.78, 5) is 54.5. The number of aryl methyl sites for hydroxylation is 2. The van der Waals surface area contributed by atoms with E-state index in [9.17, 15) is 19.2 Å². The SMILES string of the molecule is Nc1nc2sc(CCCCCc3ccc(C(=O)N[C@@H](CCC(=O)O)C(=O)O)cc3)cc2c(=O)[nH]1. The van der Waals surface area contributed by atoms with Crippen molar-refractivity contribution < 1.29 is 24.6 Å². The second-order valence-electron chi connectivity index (χ2n) is 7.94. The summed E-state index contributed by atoms with van der Waals surface area (Å²) in [5, 5.41) is 20.8. The van der Waals surface area contributed by atoms with Gasteiger partial charge in [-0.25, -0.2) is 9.78 Å². The molecule has 0 bridgehead atoms. The summed E-state index contributed by atoms with van der Waals surface area (Å²) < 4.78 is 0. The Balaban J connectivity index is 1.43. The molecular weight excluding hydrogens is 460 g/mol. The number of benzene rings is 1. The number of thiophene rings is 1. The van der Waals surface area contributed by atoms with Gasteiger partial charge in [0.2, 0.25) is 5.95 Å². The number of aromatic amines is 1. The predicted molar refractivity (Wildman–Crippen MR) is 128 cm³/mol. The van der Waals surface area contributed by atoms with Crippen molar-refractivity contribution in [2.45, 2.75) is 51.0 Å². The lowest BCUT2D eigenvalue weighted by Gasteiger charge is -2.13. The molecule has 0 saturated carbocycles. The molecule has 34 heavy (non-hydrogen) atoms. The quantitative estimate of drug-likeness (QED) is 0.243. The Morgan fingerprint density at radius 3 is 2.47 bits per heavy atom. The number of anilines is 1. The van der Waals surface area contributed by atoms with E-state index >= 15 is 0 Å². The van der Waals surface area contributed by atoms with Crippen LogP contribution in [0.3, 0.4) is 0 Å². The lowest BCUT2D eigenvalue weighted by atomic mass is 10.0. The number of nitrogens with one attached hydrogen (secondary N) is 2. The number of carboxylic acid groups (broad SMARTS) is 2. The summed E-state index contributed by atoms with van der Waals surface area (Å²) in [6.45, 7) is 0. The molecule has 0 saturated heterocycles. The minimum absolute atomic E-state index is 0.120. The molecule has 0 aliphatic carbocycles. The number of amides is 1. The molecule has 0 aliphatic rings. The molecule has 0 unspecified atom stereocenters. The first-order valence-corrected chi connectivity index (χ1v) is 11.7. The molecule has 3 rings (SSSR count). The molecule has 0 aliphatic heterocycles. The number of carbonyl (C=O) groups is 3. The predicted octanol–water partition coefficient (Wildman–Crippen LogP) is 2.57. The van der Waals surface area contributed by atoms with Crippen molar-refractivity contribution in [1.82, 2.24) is 15.3 Å². The van der Waals surface area contributed by atoms with E-state index in [1.165, 1.54) is 11.3 Å². The van der Waals surface area contributed by atoms with Crippen molar-refractivity contribution in [2.24, 2.45) is 0 Å². The number of unbranched alkanes of at least 4 members (excludes halogenated alkanes) is 2. The van der Waals surface area contributed by atoms with Crippen LogP contribution in [0.5, 0.6) is 0 Å². The number of carboxylic acids is 2. The van der Waals surface area contributed by atoms with E-state index in [4.69, 9.17) is 15.9 Å². The Labute approximate surface area is 198 Å². The minimum atomic E-state index is -1.27. The molecule has 2 aromatic heterocycles. The standard InChI is InChI=1S/C23H26N4O6S/c24-23-26-20(31)16-12-15(34-21(16)27-23)5-3-1-2-4-13-6-8-14(9-7-13)19(30)25-17(22(32)33)10-11-18(28)29/h6-9,12,17H,1-5,10-11H2,(H,25,30)(H,28,29)(H,32,33)(H3,24,26,27,31)/t17-/m0/s1. The highest BCUT2D eigenvalue weighted by Crippen LogP contribution is 2.23. The Kier molecular flexibility index (Phi) is 8.36. The maximum atomic E-state index is 12.3. The number of fused-ring (bicyclic) bond motifs is 1. The first-order valence-electron chi connectivity index (χ1n) is 10.9. The number of H-pyrrole nitrogens is 1. The molecule has 1 aromatic carbocycles. The number of carbonyl (C=O) groups excluding carboxylic acids is 1. The van der Waals surface area contributed by atoms with Gasteiger partial charge in [0.1, 0.15) is 10.9 Å². The number of aromatic nitrogens is 2. The van der Waals surface area contributed by atoms with Gasteiger partial charge in [-0.2, -0.15) is 0 Å². The van der Waals surface area contributed by atoms with Gasteiger partial charge in [-0.05, 0) is 55.9 Å². The average Bonchev–Trinajstić information content (AvgIpc) is 3.19. The molecule has 3 aromatic rings. The van der Waals surface area contributed by atoms with Crippen molar-refractivity contribution in [3.05, 3.63) is 56.7 Å². The van der Waals surface area contributed by atoms with E-state index in [0.717, 1.165) is 42.5 Å². The van der Waals surface area contributed by atoms with Crippen LogP contribution in [0, 0.1) is 0 Å². The maximum Gasteiger partial charge on any atom is 0.326 e. The Hall–Kier alpha value is -3.73. The molecular formula is C23H26N4O6S. The monoisotopic (exact) mass is 486 g/mol. The Bertz CT molecular complexity index is 1230. The van der Waals surface area contributed by atoms with Crippen LogP contribution in [-0.2, 0) is 22.4 Å². The van der Waals surface area contributed by atoms with Gasteiger partial charge in [0.25, 0.3) is 11.5 Å². The highest BCUT2D eigenvalue weighted by Gasteiger charge is 2.21. The van der Waals surface area contributed by atoms with E-state index < -0.39 is 23.9 Å². The Morgan fingerprint density at radius 2 is 1.79 bits per heavy atom. The van der Waals surface area contributed by atoms with Crippen molar-refractivity contribution in [3.63, 3.8) is 0 Å². The topological polar surface area (TPSA) is 175 Å². The van der Waals surface area contributed by atoms with Crippen LogP contribution in [0.2, 0.25) is 0 Å². The molecule has 2 heterocycles. The number of nitrogens with two attached hydrogens (primary N) is 1.